The number of aliphatic hydroxyl groups is 1. The van der Waals surface area contributed by atoms with Gasteiger partial charge in [-0.05, 0) is 31.7 Å². The summed E-state index contributed by atoms with van der Waals surface area (Å²) >= 11 is 0. The van der Waals surface area contributed by atoms with Crippen LogP contribution >= 0.6 is 0 Å². The number of hydrogen-bond donors (Lipinski definition) is 1. The number of hydrogen-bond acceptors (Lipinski definition) is 2. The maximum atomic E-state index is 12.6. The Labute approximate surface area is 84.0 Å². The van der Waals surface area contributed by atoms with Gasteiger partial charge in [0, 0.05) is 13.1 Å². The lowest BCUT2D eigenvalue weighted by molar-refractivity contribution is 0.138. The van der Waals surface area contributed by atoms with Crippen molar-refractivity contribution in [3.05, 3.63) is 35.6 Å². The highest BCUT2D eigenvalue weighted by Gasteiger charge is 2.03. The highest BCUT2D eigenvalue weighted by Crippen LogP contribution is 2.05. The minimum Gasteiger partial charge on any atom is -0.392 e. The van der Waals surface area contributed by atoms with Gasteiger partial charge in [-0.2, -0.15) is 0 Å². The van der Waals surface area contributed by atoms with Crippen molar-refractivity contribution in [2.75, 3.05) is 13.6 Å². The minimum absolute atomic E-state index is 0.216. The van der Waals surface area contributed by atoms with E-state index < -0.39 is 0 Å². The second-order valence-electron chi connectivity index (χ2n) is 3.67. The van der Waals surface area contributed by atoms with Crippen molar-refractivity contribution in [2.24, 2.45) is 0 Å². The van der Waals surface area contributed by atoms with Crippen LogP contribution in [0.3, 0.4) is 0 Å². The Morgan fingerprint density at radius 2 is 1.93 bits per heavy atom. The van der Waals surface area contributed by atoms with E-state index in [4.69, 9.17) is 5.11 Å². The van der Waals surface area contributed by atoms with Gasteiger partial charge in [0.25, 0.3) is 0 Å². The average Bonchev–Trinajstić information content (AvgIpc) is 2.07. The number of benzene rings is 1. The molecule has 0 saturated heterocycles. The van der Waals surface area contributed by atoms with Crippen LogP contribution in [-0.2, 0) is 6.54 Å². The summed E-state index contributed by atoms with van der Waals surface area (Å²) in [5.41, 5.74) is 1.05. The molecule has 1 aromatic carbocycles. The molecule has 0 aliphatic rings. The molecule has 78 valence electrons. The van der Waals surface area contributed by atoms with Crippen molar-refractivity contribution in [1.29, 1.82) is 0 Å². The summed E-state index contributed by atoms with van der Waals surface area (Å²) in [5, 5.41) is 9.14. The lowest BCUT2D eigenvalue weighted by Crippen LogP contribution is -2.26. The molecule has 0 heterocycles. The first-order chi connectivity index (χ1) is 6.58. The number of nitrogens with zero attached hydrogens (tertiary/aromatic N) is 1. The fourth-order valence-electron chi connectivity index (χ4n) is 1.42. The van der Waals surface area contributed by atoms with Crippen LogP contribution in [0.1, 0.15) is 12.5 Å². The summed E-state index contributed by atoms with van der Waals surface area (Å²) in [7, 11) is 1.93. The van der Waals surface area contributed by atoms with Crippen molar-refractivity contribution >= 4 is 0 Å². The van der Waals surface area contributed by atoms with Crippen molar-refractivity contribution in [3.63, 3.8) is 0 Å². The van der Waals surface area contributed by atoms with E-state index >= 15 is 0 Å². The van der Waals surface area contributed by atoms with E-state index in [2.05, 4.69) is 0 Å². The van der Waals surface area contributed by atoms with Gasteiger partial charge >= 0.3 is 0 Å². The number of halogens is 1. The zero-order valence-corrected chi connectivity index (χ0v) is 8.57. The van der Waals surface area contributed by atoms with Gasteiger partial charge in [-0.3, -0.25) is 4.90 Å². The Bertz CT molecular complexity index is 271. The van der Waals surface area contributed by atoms with Crippen LogP contribution in [0.15, 0.2) is 24.3 Å². The Morgan fingerprint density at radius 3 is 2.43 bits per heavy atom. The van der Waals surface area contributed by atoms with Crippen LogP contribution in [0.5, 0.6) is 0 Å². The molecule has 0 radical (unpaired) electrons. The zero-order chi connectivity index (χ0) is 10.6. The molecule has 0 aliphatic heterocycles. The Morgan fingerprint density at radius 1 is 1.36 bits per heavy atom. The van der Waals surface area contributed by atoms with Crippen LogP contribution in [0, 0.1) is 5.82 Å². The third kappa shape index (κ3) is 3.85. The molecular weight excluding hydrogens is 181 g/mol. The largest absolute Gasteiger partial charge is 0.392 e. The van der Waals surface area contributed by atoms with Crippen LogP contribution in [0.4, 0.5) is 4.39 Å². The average molecular weight is 197 g/mol. The number of rotatable bonds is 4. The second kappa shape index (κ2) is 5.08. The predicted octanol–water partition coefficient (Wildman–Crippen LogP) is 1.64. The van der Waals surface area contributed by atoms with Crippen LogP contribution < -0.4 is 0 Å². The third-order valence-corrected chi connectivity index (χ3v) is 1.94. The second-order valence-corrected chi connectivity index (χ2v) is 3.67. The summed E-state index contributed by atoms with van der Waals surface area (Å²) in [5.74, 6) is -0.216. The summed E-state index contributed by atoms with van der Waals surface area (Å²) in [6.07, 6.45) is -0.333. The van der Waals surface area contributed by atoms with Crippen molar-refractivity contribution in [3.8, 4) is 0 Å². The van der Waals surface area contributed by atoms with E-state index in [0.29, 0.717) is 6.54 Å². The van der Waals surface area contributed by atoms with Gasteiger partial charge in [0.05, 0.1) is 6.10 Å². The molecule has 1 aromatic rings. The van der Waals surface area contributed by atoms with Crippen molar-refractivity contribution in [2.45, 2.75) is 19.6 Å². The molecule has 0 spiro atoms. The fraction of sp³-hybridized carbons (Fsp3) is 0.455. The maximum absolute atomic E-state index is 12.6. The van der Waals surface area contributed by atoms with Gasteiger partial charge in [-0.25, -0.2) is 4.39 Å². The van der Waals surface area contributed by atoms with Crippen LogP contribution in [0.25, 0.3) is 0 Å². The summed E-state index contributed by atoms with van der Waals surface area (Å²) in [4.78, 5) is 2.00. The SMILES string of the molecule is C[C@@H](O)CN(C)Cc1ccc(F)cc1. The van der Waals surface area contributed by atoms with E-state index in [1.807, 2.05) is 11.9 Å². The van der Waals surface area contributed by atoms with Gasteiger partial charge < -0.3 is 5.11 Å². The molecule has 1 N–H and O–H groups in total. The smallest absolute Gasteiger partial charge is 0.123 e. The molecular formula is C11H16FNO. The monoisotopic (exact) mass is 197 g/mol. The summed E-state index contributed by atoms with van der Waals surface area (Å²) < 4.78 is 12.6. The van der Waals surface area contributed by atoms with Crippen molar-refractivity contribution < 1.29 is 9.50 Å². The van der Waals surface area contributed by atoms with E-state index in [9.17, 15) is 4.39 Å². The standard InChI is InChI=1S/C11H16FNO/c1-9(14)7-13(2)8-10-3-5-11(12)6-4-10/h3-6,9,14H,7-8H2,1-2H3/t9-/m1/s1. The van der Waals surface area contributed by atoms with Crippen LogP contribution in [0.2, 0.25) is 0 Å². The lowest BCUT2D eigenvalue weighted by atomic mass is 10.2. The van der Waals surface area contributed by atoms with E-state index in [1.165, 1.54) is 12.1 Å². The van der Waals surface area contributed by atoms with Gasteiger partial charge in [0.2, 0.25) is 0 Å². The van der Waals surface area contributed by atoms with Gasteiger partial charge in [0.15, 0.2) is 0 Å². The Kier molecular flexibility index (Phi) is 4.04. The Hall–Kier alpha value is -0.930. The zero-order valence-electron chi connectivity index (χ0n) is 8.57. The highest BCUT2D eigenvalue weighted by atomic mass is 19.1. The molecule has 0 unspecified atom stereocenters. The molecule has 2 nitrogen and oxygen atoms in total. The van der Waals surface area contributed by atoms with Gasteiger partial charge in [-0.15, -0.1) is 0 Å². The number of likely N-dealkylation sites (N-methyl/N-ethyl adjacent to an activating group) is 1. The molecule has 0 fully saturated rings. The Balaban J connectivity index is 2.47. The predicted molar refractivity (Wildman–Crippen MR) is 54.4 cm³/mol. The first kappa shape index (κ1) is 11.1. The summed E-state index contributed by atoms with van der Waals surface area (Å²) in [6.45, 7) is 3.10. The molecule has 0 amide bonds. The lowest BCUT2D eigenvalue weighted by Gasteiger charge is -2.18. The maximum Gasteiger partial charge on any atom is 0.123 e. The van der Waals surface area contributed by atoms with E-state index in [1.54, 1.807) is 19.1 Å². The normalized spacial score (nSPS) is 13.2. The first-order valence-electron chi connectivity index (χ1n) is 4.69. The molecule has 1 atom stereocenters. The highest BCUT2D eigenvalue weighted by molar-refractivity contribution is 5.15. The van der Waals surface area contributed by atoms with Crippen LogP contribution in [-0.4, -0.2) is 29.7 Å². The van der Waals surface area contributed by atoms with E-state index in [-0.39, 0.29) is 11.9 Å². The molecule has 3 heteroatoms. The fourth-order valence-corrected chi connectivity index (χ4v) is 1.42. The molecule has 1 rings (SSSR count). The first-order valence-corrected chi connectivity index (χ1v) is 4.69. The molecule has 0 aliphatic carbocycles. The number of aliphatic hydroxyl groups excluding tert-OH is 1. The topological polar surface area (TPSA) is 23.5 Å². The summed E-state index contributed by atoms with van der Waals surface area (Å²) in [6, 6.07) is 6.42. The molecule has 0 aromatic heterocycles. The van der Waals surface area contributed by atoms with E-state index in [0.717, 1.165) is 12.1 Å². The molecule has 0 bridgehead atoms. The quantitative estimate of drug-likeness (QED) is 0.793. The third-order valence-electron chi connectivity index (χ3n) is 1.94. The molecule has 0 saturated carbocycles. The van der Waals surface area contributed by atoms with Gasteiger partial charge in [0.1, 0.15) is 5.82 Å². The molecule has 14 heavy (non-hydrogen) atoms. The van der Waals surface area contributed by atoms with Gasteiger partial charge in [-0.1, -0.05) is 12.1 Å². The van der Waals surface area contributed by atoms with Crippen molar-refractivity contribution in [1.82, 2.24) is 4.90 Å². The minimum atomic E-state index is -0.333.